The van der Waals surface area contributed by atoms with Crippen LogP contribution in [0.15, 0.2) is 30.3 Å². The summed E-state index contributed by atoms with van der Waals surface area (Å²) in [6, 6.07) is 10.5. The summed E-state index contributed by atoms with van der Waals surface area (Å²) in [5.41, 5.74) is 10.2. The van der Waals surface area contributed by atoms with Crippen LogP contribution in [0.5, 0.6) is 0 Å². The number of carbonyl (C=O) groups is 1. The molecule has 0 spiro atoms. The van der Waals surface area contributed by atoms with Crippen LogP contribution in [0.2, 0.25) is 0 Å². The maximum Gasteiger partial charge on any atom is 0.240 e. The molecule has 1 aromatic rings. The number of amides is 1. The number of hydrazine groups is 2. The normalized spacial score (nSPS) is 28.0. The van der Waals surface area contributed by atoms with Gasteiger partial charge in [-0.1, -0.05) is 30.3 Å². The zero-order chi connectivity index (χ0) is 16.8. The molecule has 1 aromatic carbocycles. The number of nitrogens with zero attached hydrogens (tertiary/aromatic N) is 1. The van der Waals surface area contributed by atoms with E-state index in [4.69, 9.17) is 0 Å². The summed E-state index contributed by atoms with van der Waals surface area (Å²) in [6.45, 7) is 6.11. The third-order valence-corrected chi connectivity index (χ3v) is 5.04. The molecule has 2 heterocycles. The van der Waals surface area contributed by atoms with E-state index >= 15 is 0 Å². The predicted molar refractivity (Wildman–Crippen MR) is 95.0 cm³/mol. The van der Waals surface area contributed by atoms with Crippen molar-refractivity contribution in [1.29, 1.82) is 0 Å². The summed E-state index contributed by atoms with van der Waals surface area (Å²) in [5, 5.41) is 3.11. The molecule has 3 rings (SSSR count). The lowest BCUT2D eigenvalue weighted by atomic mass is 9.97. The number of hydrogen-bond donors (Lipinski definition) is 4. The Morgan fingerprint density at radius 3 is 2.88 bits per heavy atom. The molecule has 1 amide bonds. The van der Waals surface area contributed by atoms with E-state index in [-0.39, 0.29) is 18.0 Å². The van der Waals surface area contributed by atoms with Crippen molar-refractivity contribution >= 4 is 5.91 Å². The largest absolute Gasteiger partial charge is 0.354 e. The summed E-state index contributed by atoms with van der Waals surface area (Å²) in [5.74, 6) is 0.623. The second-order valence-electron chi connectivity index (χ2n) is 6.97. The minimum absolute atomic E-state index is 0.0707. The lowest BCUT2D eigenvalue weighted by molar-refractivity contribution is -0.123. The van der Waals surface area contributed by atoms with Crippen molar-refractivity contribution in [3.8, 4) is 0 Å². The molecule has 0 saturated carbocycles. The van der Waals surface area contributed by atoms with Gasteiger partial charge in [-0.05, 0) is 44.2 Å². The molecule has 3 atom stereocenters. The van der Waals surface area contributed by atoms with Gasteiger partial charge in [-0.2, -0.15) is 5.53 Å². The van der Waals surface area contributed by atoms with Crippen LogP contribution in [0.3, 0.4) is 0 Å². The fraction of sp³-hybridized carbons (Fsp3) is 0.611. The Balaban J connectivity index is 1.39. The van der Waals surface area contributed by atoms with Crippen molar-refractivity contribution in [2.24, 2.45) is 5.92 Å². The van der Waals surface area contributed by atoms with Gasteiger partial charge in [-0.3, -0.25) is 4.79 Å². The Hall–Kier alpha value is -1.47. The predicted octanol–water partition coefficient (Wildman–Crippen LogP) is 0.427. The molecule has 0 aliphatic carbocycles. The molecular weight excluding hydrogens is 302 g/mol. The van der Waals surface area contributed by atoms with Gasteiger partial charge in [0.05, 0.1) is 0 Å². The molecule has 2 aliphatic rings. The van der Waals surface area contributed by atoms with Crippen LogP contribution in [0.4, 0.5) is 0 Å². The van der Waals surface area contributed by atoms with Gasteiger partial charge >= 0.3 is 0 Å². The van der Waals surface area contributed by atoms with Crippen molar-refractivity contribution in [3.05, 3.63) is 35.9 Å². The summed E-state index contributed by atoms with van der Waals surface area (Å²) < 4.78 is 0. The first-order chi connectivity index (χ1) is 11.7. The lowest BCUT2D eigenvalue weighted by Gasteiger charge is -2.33. The summed E-state index contributed by atoms with van der Waals surface area (Å²) in [7, 11) is 0. The first kappa shape index (κ1) is 17.4. The van der Waals surface area contributed by atoms with Gasteiger partial charge in [-0.15, -0.1) is 0 Å². The van der Waals surface area contributed by atoms with Gasteiger partial charge in [0.2, 0.25) is 5.91 Å². The monoisotopic (exact) mass is 331 g/mol. The standard InChI is InChI=1S/C18H29N5O/c1-14-17(21-22-20-14)18(24)19-12-16-8-5-10-23(13-16)11-9-15-6-3-2-4-7-15/h2-4,6-7,14,16-17,20-22H,5,8-13H2,1H3,(H,19,24). The van der Waals surface area contributed by atoms with E-state index in [9.17, 15) is 4.79 Å². The molecule has 3 unspecified atom stereocenters. The number of piperidine rings is 1. The molecule has 2 aliphatic heterocycles. The van der Waals surface area contributed by atoms with E-state index in [2.05, 4.69) is 56.9 Å². The Labute approximate surface area is 144 Å². The third-order valence-electron chi connectivity index (χ3n) is 5.04. The minimum Gasteiger partial charge on any atom is -0.354 e. The third kappa shape index (κ3) is 4.77. The van der Waals surface area contributed by atoms with Crippen LogP contribution in [0.1, 0.15) is 25.3 Å². The molecule has 24 heavy (non-hydrogen) atoms. The van der Waals surface area contributed by atoms with Crippen LogP contribution in [-0.2, 0) is 11.2 Å². The van der Waals surface area contributed by atoms with Gasteiger partial charge in [0.25, 0.3) is 0 Å². The first-order valence-corrected chi connectivity index (χ1v) is 9.02. The first-order valence-electron chi connectivity index (χ1n) is 9.02. The van der Waals surface area contributed by atoms with Gasteiger partial charge in [-0.25, -0.2) is 10.9 Å². The SMILES string of the molecule is CC1NNNC1C(=O)NCC1CCCN(CCc2ccccc2)C1. The van der Waals surface area contributed by atoms with E-state index in [1.54, 1.807) is 0 Å². The van der Waals surface area contributed by atoms with Crippen LogP contribution < -0.4 is 21.7 Å². The number of rotatable bonds is 6. The molecule has 0 bridgehead atoms. The van der Waals surface area contributed by atoms with Crippen LogP contribution in [-0.4, -0.2) is 49.1 Å². The molecule has 0 radical (unpaired) electrons. The van der Waals surface area contributed by atoms with E-state index < -0.39 is 0 Å². The maximum absolute atomic E-state index is 12.2. The number of hydrogen-bond acceptors (Lipinski definition) is 5. The average Bonchev–Trinajstić information content (AvgIpc) is 3.05. The molecule has 2 saturated heterocycles. The molecule has 132 valence electrons. The van der Waals surface area contributed by atoms with Gasteiger partial charge in [0.15, 0.2) is 0 Å². The van der Waals surface area contributed by atoms with Gasteiger partial charge < -0.3 is 10.2 Å². The highest BCUT2D eigenvalue weighted by atomic mass is 16.2. The lowest BCUT2D eigenvalue weighted by Crippen LogP contribution is -2.49. The number of carbonyl (C=O) groups excluding carboxylic acids is 1. The average molecular weight is 331 g/mol. The smallest absolute Gasteiger partial charge is 0.240 e. The van der Waals surface area contributed by atoms with Crippen molar-refractivity contribution < 1.29 is 4.79 Å². The summed E-state index contributed by atoms with van der Waals surface area (Å²) >= 11 is 0. The zero-order valence-electron chi connectivity index (χ0n) is 14.4. The summed E-state index contributed by atoms with van der Waals surface area (Å²) in [4.78, 5) is 14.8. The van der Waals surface area contributed by atoms with E-state index in [1.807, 2.05) is 6.92 Å². The molecule has 2 fully saturated rings. The Morgan fingerprint density at radius 1 is 1.29 bits per heavy atom. The molecule has 0 aromatic heterocycles. The zero-order valence-corrected chi connectivity index (χ0v) is 14.4. The van der Waals surface area contributed by atoms with Gasteiger partial charge in [0.1, 0.15) is 6.04 Å². The van der Waals surface area contributed by atoms with Crippen LogP contribution >= 0.6 is 0 Å². The van der Waals surface area contributed by atoms with Gasteiger partial charge in [0, 0.05) is 25.7 Å². The van der Waals surface area contributed by atoms with Crippen molar-refractivity contribution in [1.82, 2.24) is 26.6 Å². The number of nitrogens with one attached hydrogen (secondary N) is 4. The molecule has 6 nitrogen and oxygen atoms in total. The van der Waals surface area contributed by atoms with Crippen molar-refractivity contribution in [3.63, 3.8) is 0 Å². The van der Waals surface area contributed by atoms with E-state index in [0.29, 0.717) is 5.92 Å². The maximum atomic E-state index is 12.2. The fourth-order valence-electron chi connectivity index (χ4n) is 3.54. The Bertz CT molecular complexity index is 523. The van der Waals surface area contributed by atoms with Crippen molar-refractivity contribution in [2.45, 2.75) is 38.3 Å². The highest BCUT2D eigenvalue weighted by Gasteiger charge is 2.29. The summed E-state index contributed by atoms with van der Waals surface area (Å²) in [6.07, 6.45) is 3.52. The van der Waals surface area contributed by atoms with E-state index in [1.165, 1.54) is 24.9 Å². The van der Waals surface area contributed by atoms with Crippen LogP contribution in [0.25, 0.3) is 0 Å². The Kier molecular flexibility index (Phi) is 6.20. The number of likely N-dealkylation sites (tertiary alicyclic amines) is 1. The second-order valence-corrected chi connectivity index (χ2v) is 6.97. The Morgan fingerprint density at radius 2 is 2.12 bits per heavy atom. The quantitative estimate of drug-likeness (QED) is 0.609. The second kappa shape index (κ2) is 8.58. The highest BCUT2D eigenvalue weighted by molar-refractivity contribution is 5.82. The molecule has 4 N–H and O–H groups in total. The molecular formula is C18H29N5O. The van der Waals surface area contributed by atoms with E-state index in [0.717, 1.165) is 26.1 Å². The topological polar surface area (TPSA) is 68.4 Å². The highest BCUT2D eigenvalue weighted by Crippen LogP contribution is 2.16. The van der Waals surface area contributed by atoms with Crippen LogP contribution in [0, 0.1) is 5.92 Å². The number of benzene rings is 1. The van der Waals surface area contributed by atoms with Crippen molar-refractivity contribution in [2.75, 3.05) is 26.2 Å². The molecule has 6 heteroatoms. The minimum atomic E-state index is -0.206. The fourth-order valence-corrected chi connectivity index (χ4v) is 3.54.